The highest BCUT2D eigenvalue weighted by Gasteiger charge is 2.18. The Morgan fingerprint density at radius 1 is 1.06 bits per heavy atom. The van der Waals surface area contributed by atoms with Crippen LogP contribution in [0, 0.1) is 0 Å². The summed E-state index contributed by atoms with van der Waals surface area (Å²) in [5.74, 6) is -0.723. The van der Waals surface area contributed by atoms with E-state index in [2.05, 4.69) is 34.5 Å². The number of esters is 1. The largest absolute Gasteiger partial charge is 0.462 e. The van der Waals surface area contributed by atoms with Crippen molar-refractivity contribution in [1.29, 1.82) is 0 Å². The Morgan fingerprint density at radius 3 is 2.58 bits per heavy atom. The van der Waals surface area contributed by atoms with Gasteiger partial charge in [-0.15, -0.1) is 0 Å². The van der Waals surface area contributed by atoms with Crippen molar-refractivity contribution >= 4 is 34.9 Å². The van der Waals surface area contributed by atoms with Crippen LogP contribution in [0.3, 0.4) is 0 Å². The normalized spacial score (nSPS) is 12.4. The SMILES string of the molecule is CCOC(=O)c1ccc(NC(=O)c2ccc(CN3CCc4ccccc43)cc2)cc1Cl. The molecule has 0 bridgehead atoms. The molecule has 0 saturated heterocycles. The average Bonchev–Trinajstić information content (AvgIpc) is 3.17. The first-order chi connectivity index (χ1) is 15.0. The predicted molar refractivity (Wildman–Crippen MR) is 123 cm³/mol. The van der Waals surface area contributed by atoms with Gasteiger partial charge in [-0.25, -0.2) is 4.79 Å². The number of carbonyl (C=O) groups is 2. The van der Waals surface area contributed by atoms with Gasteiger partial charge < -0.3 is 15.0 Å². The van der Waals surface area contributed by atoms with Crippen LogP contribution in [0.2, 0.25) is 5.02 Å². The van der Waals surface area contributed by atoms with Gasteiger partial charge in [0.1, 0.15) is 0 Å². The van der Waals surface area contributed by atoms with E-state index in [1.54, 1.807) is 25.1 Å². The van der Waals surface area contributed by atoms with E-state index in [4.69, 9.17) is 16.3 Å². The van der Waals surface area contributed by atoms with Gasteiger partial charge in [-0.05, 0) is 60.9 Å². The summed E-state index contributed by atoms with van der Waals surface area (Å²) < 4.78 is 4.96. The molecule has 1 aliphatic heterocycles. The van der Waals surface area contributed by atoms with Crippen LogP contribution < -0.4 is 10.2 Å². The van der Waals surface area contributed by atoms with Gasteiger partial charge in [-0.1, -0.05) is 41.9 Å². The number of nitrogens with zero attached hydrogens (tertiary/aromatic N) is 1. The minimum atomic E-state index is -0.485. The molecule has 0 radical (unpaired) electrons. The smallest absolute Gasteiger partial charge is 0.339 e. The molecule has 0 spiro atoms. The van der Waals surface area contributed by atoms with Gasteiger partial charge in [0.15, 0.2) is 0 Å². The number of fused-ring (bicyclic) bond motifs is 1. The summed E-state index contributed by atoms with van der Waals surface area (Å²) in [7, 11) is 0. The standard InChI is InChI=1S/C25H23ClN2O3/c1-2-31-25(30)21-12-11-20(15-22(21)26)27-24(29)19-9-7-17(8-10-19)16-28-14-13-18-5-3-4-6-23(18)28/h3-12,15H,2,13-14,16H2,1H3,(H,27,29). The highest BCUT2D eigenvalue weighted by atomic mass is 35.5. The van der Waals surface area contributed by atoms with Crippen LogP contribution in [-0.2, 0) is 17.7 Å². The predicted octanol–water partition coefficient (Wildman–Crippen LogP) is 5.33. The molecular weight excluding hydrogens is 412 g/mol. The Balaban J connectivity index is 1.40. The number of carbonyl (C=O) groups excluding carboxylic acids is 2. The van der Waals surface area contributed by atoms with Crippen LogP contribution >= 0.6 is 11.6 Å². The summed E-state index contributed by atoms with van der Waals surface area (Å²) >= 11 is 6.17. The fraction of sp³-hybridized carbons (Fsp3) is 0.200. The molecule has 1 amide bonds. The van der Waals surface area contributed by atoms with Gasteiger partial charge in [-0.2, -0.15) is 0 Å². The molecule has 0 atom stereocenters. The van der Waals surface area contributed by atoms with Gasteiger partial charge in [0.2, 0.25) is 0 Å². The minimum Gasteiger partial charge on any atom is -0.462 e. The molecule has 0 aromatic heterocycles. The van der Waals surface area contributed by atoms with Crippen molar-refractivity contribution in [3.63, 3.8) is 0 Å². The molecule has 1 heterocycles. The minimum absolute atomic E-state index is 0.234. The van der Waals surface area contributed by atoms with Gasteiger partial charge in [0.05, 0.1) is 17.2 Å². The van der Waals surface area contributed by atoms with E-state index < -0.39 is 5.97 Å². The summed E-state index contributed by atoms with van der Waals surface area (Å²) in [5.41, 5.74) is 5.15. The van der Waals surface area contributed by atoms with E-state index in [0.29, 0.717) is 11.3 Å². The van der Waals surface area contributed by atoms with Gasteiger partial charge in [-0.3, -0.25) is 4.79 Å². The molecule has 1 aliphatic rings. The number of anilines is 2. The molecule has 0 fully saturated rings. The Labute approximate surface area is 186 Å². The zero-order chi connectivity index (χ0) is 21.8. The maximum absolute atomic E-state index is 12.6. The topological polar surface area (TPSA) is 58.6 Å². The van der Waals surface area contributed by atoms with Crippen LogP contribution in [0.15, 0.2) is 66.7 Å². The molecule has 0 aliphatic carbocycles. The third-order valence-corrected chi connectivity index (χ3v) is 5.61. The molecule has 6 heteroatoms. The van der Waals surface area contributed by atoms with E-state index in [1.165, 1.54) is 11.3 Å². The molecule has 3 aromatic carbocycles. The molecule has 1 N–H and O–H groups in total. The molecule has 158 valence electrons. The number of amides is 1. The molecule has 0 unspecified atom stereocenters. The Bertz CT molecular complexity index is 1110. The van der Waals surface area contributed by atoms with Crippen molar-refractivity contribution in [3.05, 3.63) is 94.0 Å². The lowest BCUT2D eigenvalue weighted by Gasteiger charge is -2.19. The first-order valence-electron chi connectivity index (χ1n) is 10.2. The maximum atomic E-state index is 12.6. The quantitative estimate of drug-likeness (QED) is 0.532. The van der Waals surface area contributed by atoms with Crippen molar-refractivity contribution in [2.75, 3.05) is 23.4 Å². The van der Waals surface area contributed by atoms with E-state index in [0.717, 1.165) is 25.1 Å². The summed E-state index contributed by atoms with van der Waals surface area (Å²) in [6, 6.07) is 20.8. The second-order valence-electron chi connectivity index (χ2n) is 7.37. The van der Waals surface area contributed by atoms with Crippen LogP contribution in [-0.4, -0.2) is 25.0 Å². The molecular formula is C25H23ClN2O3. The Hall–Kier alpha value is -3.31. The average molecular weight is 435 g/mol. The van der Waals surface area contributed by atoms with Crippen LogP contribution in [0.1, 0.15) is 38.8 Å². The highest BCUT2D eigenvalue weighted by Crippen LogP contribution is 2.29. The van der Waals surface area contributed by atoms with Gasteiger partial charge >= 0.3 is 5.97 Å². The number of para-hydroxylation sites is 1. The zero-order valence-corrected chi connectivity index (χ0v) is 18.0. The molecule has 4 rings (SSSR count). The Kier molecular flexibility index (Phi) is 6.23. The molecule has 5 nitrogen and oxygen atoms in total. The van der Waals surface area contributed by atoms with E-state index >= 15 is 0 Å². The van der Waals surface area contributed by atoms with Gasteiger partial charge in [0, 0.05) is 30.0 Å². The lowest BCUT2D eigenvalue weighted by molar-refractivity contribution is 0.0526. The summed E-state index contributed by atoms with van der Waals surface area (Å²) in [4.78, 5) is 26.8. The van der Waals surface area contributed by atoms with Crippen LogP contribution in [0.5, 0.6) is 0 Å². The maximum Gasteiger partial charge on any atom is 0.339 e. The lowest BCUT2D eigenvalue weighted by atomic mass is 10.1. The van der Waals surface area contributed by atoms with Crippen molar-refractivity contribution in [1.82, 2.24) is 0 Å². The monoisotopic (exact) mass is 434 g/mol. The van der Waals surface area contributed by atoms with E-state index in [-0.39, 0.29) is 23.1 Å². The second-order valence-corrected chi connectivity index (χ2v) is 7.77. The molecule has 31 heavy (non-hydrogen) atoms. The number of hydrogen-bond donors (Lipinski definition) is 1. The summed E-state index contributed by atoms with van der Waals surface area (Å²) in [5, 5.41) is 3.05. The third-order valence-electron chi connectivity index (χ3n) is 5.30. The van der Waals surface area contributed by atoms with Crippen LogP contribution in [0.25, 0.3) is 0 Å². The molecule has 0 saturated carbocycles. The first kappa shape index (κ1) is 20.9. The fourth-order valence-corrected chi connectivity index (χ4v) is 3.98. The number of halogens is 1. The highest BCUT2D eigenvalue weighted by molar-refractivity contribution is 6.34. The van der Waals surface area contributed by atoms with Crippen molar-refractivity contribution in [3.8, 4) is 0 Å². The number of ether oxygens (including phenoxy) is 1. The van der Waals surface area contributed by atoms with E-state index in [9.17, 15) is 9.59 Å². The Morgan fingerprint density at radius 2 is 1.84 bits per heavy atom. The molecule has 3 aromatic rings. The number of rotatable bonds is 6. The van der Waals surface area contributed by atoms with Crippen molar-refractivity contribution in [2.24, 2.45) is 0 Å². The van der Waals surface area contributed by atoms with Crippen LogP contribution in [0.4, 0.5) is 11.4 Å². The lowest BCUT2D eigenvalue weighted by Crippen LogP contribution is -2.19. The van der Waals surface area contributed by atoms with Crippen molar-refractivity contribution < 1.29 is 14.3 Å². The summed E-state index contributed by atoms with van der Waals surface area (Å²) in [6.45, 7) is 3.82. The number of benzene rings is 3. The van der Waals surface area contributed by atoms with E-state index in [1.807, 2.05) is 24.3 Å². The fourth-order valence-electron chi connectivity index (χ4n) is 3.72. The third kappa shape index (κ3) is 4.72. The summed E-state index contributed by atoms with van der Waals surface area (Å²) in [6.07, 6.45) is 1.06. The van der Waals surface area contributed by atoms with Gasteiger partial charge in [0.25, 0.3) is 5.91 Å². The van der Waals surface area contributed by atoms with Crippen molar-refractivity contribution in [2.45, 2.75) is 19.9 Å². The number of hydrogen-bond acceptors (Lipinski definition) is 4. The first-order valence-corrected chi connectivity index (χ1v) is 10.6. The zero-order valence-electron chi connectivity index (χ0n) is 17.2. The second kappa shape index (κ2) is 9.23. The number of nitrogens with one attached hydrogen (secondary N) is 1.